The predicted molar refractivity (Wildman–Crippen MR) is 93.5 cm³/mol. The van der Waals surface area contributed by atoms with E-state index in [4.69, 9.17) is 5.73 Å². The van der Waals surface area contributed by atoms with Gasteiger partial charge in [0.15, 0.2) is 0 Å². The van der Waals surface area contributed by atoms with E-state index in [1.54, 1.807) is 12.8 Å². The third-order valence-electron chi connectivity index (χ3n) is 9.29. The van der Waals surface area contributed by atoms with Gasteiger partial charge in [-0.2, -0.15) is 0 Å². The van der Waals surface area contributed by atoms with Crippen LogP contribution in [0.5, 0.6) is 0 Å². The maximum absolute atomic E-state index is 5.93. The van der Waals surface area contributed by atoms with Crippen LogP contribution in [0.2, 0.25) is 0 Å². The molecular formula is C21H37N. The lowest BCUT2D eigenvalue weighted by molar-refractivity contribution is -0.111. The number of hydrogen-bond donors (Lipinski definition) is 1. The van der Waals surface area contributed by atoms with Crippen LogP contribution in [0.3, 0.4) is 0 Å². The standard InChI is InChI=1S/C21H37N/c1-20-12-4-3-5-15(20)6-8-17-18-9-7-16(11-14-22)21(18,2)13-10-19(17)20/h15-19H,3-14,22H2,1-2H3/t15?,16-,17+,18-,19+,20+,21-/m1/s1. The van der Waals surface area contributed by atoms with Gasteiger partial charge >= 0.3 is 0 Å². The second-order valence-electron chi connectivity index (χ2n) is 9.80. The van der Waals surface area contributed by atoms with E-state index in [1.807, 2.05) is 0 Å². The average molecular weight is 304 g/mol. The summed E-state index contributed by atoms with van der Waals surface area (Å²) in [5.74, 6) is 5.14. The van der Waals surface area contributed by atoms with Gasteiger partial charge in [0.25, 0.3) is 0 Å². The molecule has 0 radical (unpaired) electrons. The zero-order chi connectivity index (χ0) is 15.4. The molecule has 1 unspecified atom stereocenters. The maximum Gasteiger partial charge on any atom is -0.00744 e. The molecule has 22 heavy (non-hydrogen) atoms. The topological polar surface area (TPSA) is 26.0 Å². The first-order chi connectivity index (χ1) is 10.6. The summed E-state index contributed by atoms with van der Waals surface area (Å²) >= 11 is 0. The molecule has 4 rings (SSSR count). The van der Waals surface area contributed by atoms with Gasteiger partial charge < -0.3 is 5.73 Å². The quantitative estimate of drug-likeness (QED) is 0.727. The SMILES string of the molecule is C[C@]12CC[C@H]3[C@@H](CCC4CCCC[C@@]43C)[C@H]1CC[C@@H]2CCN. The van der Waals surface area contributed by atoms with Crippen molar-refractivity contribution in [2.75, 3.05) is 6.54 Å². The lowest BCUT2D eigenvalue weighted by Gasteiger charge is -2.60. The van der Waals surface area contributed by atoms with Crippen LogP contribution in [0.1, 0.15) is 84.5 Å². The highest BCUT2D eigenvalue weighted by Gasteiger charge is 2.59. The second kappa shape index (κ2) is 5.50. The fraction of sp³-hybridized carbons (Fsp3) is 1.00. The van der Waals surface area contributed by atoms with Crippen LogP contribution in [-0.2, 0) is 0 Å². The summed E-state index contributed by atoms with van der Waals surface area (Å²) in [6, 6.07) is 0. The lowest BCUT2D eigenvalue weighted by Crippen LogP contribution is -2.52. The van der Waals surface area contributed by atoms with Gasteiger partial charge in [0.2, 0.25) is 0 Å². The molecule has 1 heteroatoms. The van der Waals surface area contributed by atoms with Crippen LogP contribution < -0.4 is 5.73 Å². The minimum atomic E-state index is 0.637. The predicted octanol–water partition coefficient (Wildman–Crippen LogP) is 5.38. The van der Waals surface area contributed by atoms with E-state index >= 15 is 0 Å². The van der Waals surface area contributed by atoms with Crippen molar-refractivity contribution in [3.05, 3.63) is 0 Å². The van der Waals surface area contributed by atoms with Crippen LogP contribution in [0.4, 0.5) is 0 Å². The van der Waals surface area contributed by atoms with Gasteiger partial charge in [0, 0.05) is 0 Å². The van der Waals surface area contributed by atoms with Crippen LogP contribution >= 0.6 is 0 Å². The van der Waals surface area contributed by atoms with Crippen LogP contribution in [0.25, 0.3) is 0 Å². The molecular weight excluding hydrogens is 266 g/mol. The molecule has 0 aromatic rings. The number of rotatable bonds is 2. The third-order valence-corrected chi connectivity index (χ3v) is 9.29. The van der Waals surface area contributed by atoms with Gasteiger partial charge in [-0.15, -0.1) is 0 Å². The number of nitrogens with two attached hydrogens (primary N) is 1. The summed E-state index contributed by atoms with van der Waals surface area (Å²) in [5, 5.41) is 0. The van der Waals surface area contributed by atoms with Crippen molar-refractivity contribution in [3.8, 4) is 0 Å². The first-order valence-electron chi connectivity index (χ1n) is 10.3. The summed E-state index contributed by atoms with van der Waals surface area (Å²) < 4.78 is 0. The Balaban J connectivity index is 1.59. The highest BCUT2D eigenvalue weighted by molar-refractivity contribution is 5.08. The van der Waals surface area contributed by atoms with E-state index in [9.17, 15) is 0 Å². The first-order valence-corrected chi connectivity index (χ1v) is 10.3. The molecule has 4 aliphatic carbocycles. The summed E-state index contributed by atoms with van der Waals surface area (Å²) in [7, 11) is 0. The summed E-state index contributed by atoms with van der Waals surface area (Å²) in [6.45, 7) is 6.25. The Morgan fingerprint density at radius 2 is 1.64 bits per heavy atom. The van der Waals surface area contributed by atoms with E-state index in [-0.39, 0.29) is 0 Å². The van der Waals surface area contributed by atoms with Crippen LogP contribution in [-0.4, -0.2) is 6.54 Å². The van der Waals surface area contributed by atoms with E-state index in [0.717, 1.165) is 36.1 Å². The summed E-state index contributed by atoms with van der Waals surface area (Å²) in [4.78, 5) is 0. The first kappa shape index (κ1) is 15.5. The molecule has 2 N–H and O–H groups in total. The van der Waals surface area contributed by atoms with Crippen molar-refractivity contribution >= 4 is 0 Å². The fourth-order valence-corrected chi connectivity index (χ4v) is 8.08. The number of fused-ring (bicyclic) bond motifs is 5. The van der Waals surface area contributed by atoms with Gasteiger partial charge in [-0.3, -0.25) is 0 Å². The Hall–Kier alpha value is -0.0400. The van der Waals surface area contributed by atoms with Crippen molar-refractivity contribution < 1.29 is 0 Å². The molecule has 0 heterocycles. The molecule has 126 valence electrons. The molecule has 4 fully saturated rings. The maximum atomic E-state index is 5.93. The van der Waals surface area contributed by atoms with E-state index in [2.05, 4.69) is 13.8 Å². The molecule has 0 saturated heterocycles. The van der Waals surface area contributed by atoms with Crippen molar-refractivity contribution in [1.82, 2.24) is 0 Å². The molecule has 0 aromatic heterocycles. The molecule has 4 saturated carbocycles. The molecule has 0 amide bonds. The molecule has 7 atom stereocenters. The Morgan fingerprint density at radius 3 is 2.45 bits per heavy atom. The van der Waals surface area contributed by atoms with Crippen molar-refractivity contribution in [3.63, 3.8) is 0 Å². The molecule has 0 spiro atoms. The zero-order valence-corrected chi connectivity index (χ0v) is 14.9. The minimum Gasteiger partial charge on any atom is -0.330 e. The van der Waals surface area contributed by atoms with E-state index in [0.29, 0.717) is 10.8 Å². The lowest BCUT2D eigenvalue weighted by atomic mass is 9.45. The van der Waals surface area contributed by atoms with Crippen molar-refractivity contribution in [2.45, 2.75) is 84.5 Å². The van der Waals surface area contributed by atoms with Crippen molar-refractivity contribution in [2.24, 2.45) is 46.2 Å². The molecule has 1 nitrogen and oxygen atoms in total. The Morgan fingerprint density at radius 1 is 0.818 bits per heavy atom. The Kier molecular flexibility index (Phi) is 3.87. The molecule has 4 aliphatic rings. The Labute approximate surface area is 137 Å². The largest absolute Gasteiger partial charge is 0.330 e. The third kappa shape index (κ3) is 2.06. The van der Waals surface area contributed by atoms with Gasteiger partial charge in [0.1, 0.15) is 0 Å². The van der Waals surface area contributed by atoms with Gasteiger partial charge in [0.05, 0.1) is 0 Å². The van der Waals surface area contributed by atoms with Gasteiger partial charge in [-0.05, 0) is 105 Å². The highest BCUT2D eigenvalue weighted by Crippen LogP contribution is 2.67. The highest BCUT2D eigenvalue weighted by atomic mass is 14.6. The monoisotopic (exact) mass is 303 g/mol. The average Bonchev–Trinajstić information content (AvgIpc) is 2.84. The van der Waals surface area contributed by atoms with Gasteiger partial charge in [-0.1, -0.05) is 26.7 Å². The number of hydrogen-bond acceptors (Lipinski definition) is 1. The summed E-state index contributed by atoms with van der Waals surface area (Å²) in [5.41, 5.74) is 7.27. The molecule has 0 bridgehead atoms. The molecule has 0 aromatic carbocycles. The van der Waals surface area contributed by atoms with Crippen molar-refractivity contribution in [1.29, 1.82) is 0 Å². The zero-order valence-electron chi connectivity index (χ0n) is 14.9. The normalized spacial score (nSPS) is 54.4. The Bertz CT molecular complexity index is 418. The van der Waals surface area contributed by atoms with Crippen LogP contribution in [0.15, 0.2) is 0 Å². The smallest absolute Gasteiger partial charge is 0.00744 e. The molecule has 0 aliphatic heterocycles. The van der Waals surface area contributed by atoms with Crippen LogP contribution in [0, 0.1) is 40.4 Å². The fourth-order valence-electron chi connectivity index (χ4n) is 8.08. The van der Waals surface area contributed by atoms with Gasteiger partial charge in [-0.25, -0.2) is 0 Å². The second-order valence-corrected chi connectivity index (χ2v) is 9.80. The van der Waals surface area contributed by atoms with E-state index < -0.39 is 0 Å². The van der Waals surface area contributed by atoms with E-state index in [1.165, 1.54) is 57.8 Å². The minimum absolute atomic E-state index is 0.637. The summed E-state index contributed by atoms with van der Waals surface area (Å²) in [6.07, 6.45) is 16.5.